The Hall–Kier alpha value is -4.09. The summed E-state index contributed by atoms with van der Waals surface area (Å²) in [6, 6.07) is 6.05. The SMILES string of the molecule is C=C(C)[C@@H]1CC=C(CO)CC1.C=C(C)[C@@H]1CC=C(COC(=O)c2cc(OC)c(OC)c(OC)c2)CC1.COc1cc(C(=O)Cl)cc(CO)c1CO. The Morgan fingerprint density at radius 2 is 1.24 bits per heavy atom. The number of allylic oxidation sites excluding steroid dienone is 4. The molecule has 280 valence electrons. The molecule has 2 aliphatic carbocycles. The second-order valence-electron chi connectivity index (χ2n) is 12.4. The van der Waals surface area contributed by atoms with Gasteiger partial charge in [-0.1, -0.05) is 36.5 Å². The quantitative estimate of drug-likeness (QED) is 0.108. The smallest absolute Gasteiger partial charge is 0.338 e. The van der Waals surface area contributed by atoms with Crippen molar-refractivity contribution in [2.45, 2.75) is 65.6 Å². The average molecular weight is 729 g/mol. The molecule has 11 heteroatoms. The fourth-order valence-corrected chi connectivity index (χ4v) is 5.82. The first-order valence-electron chi connectivity index (χ1n) is 16.7. The number of halogens is 1. The highest BCUT2D eigenvalue weighted by molar-refractivity contribution is 6.67. The van der Waals surface area contributed by atoms with Gasteiger partial charge in [0.25, 0.3) is 5.24 Å². The van der Waals surface area contributed by atoms with Crippen LogP contribution in [0.25, 0.3) is 0 Å². The van der Waals surface area contributed by atoms with Crippen molar-refractivity contribution >= 4 is 22.8 Å². The summed E-state index contributed by atoms with van der Waals surface area (Å²) in [4.78, 5) is 23.3. The molecule has 0 amide bonds. The Balaban J connectivity index is 0.000000293. The molecule has 0 radical (unpaired) electrons. The number of esters is 1. The zero-order valence-electron chi connectivity index (χ0n) is 30.7. The van der Waals surface area contributed by atoms with E-state index in [1.165, 1.54) is 63.7 Å². The molecule has 10 nitrogen and oxygen atoms in total. The standard InChI is InChI=1S/C20H26O5.C10H11ClO4.C10H16O/c1-13(2)15-8-6-14(7-9-15)12-25-20(21)16-10-17(22-3)19(24-5)18(11-16)23-4;1-15-9-3-6(10(11)14)2-7(4-12)8(9)5-13;1-8(2)10-5-3-9(7-11)4-6-10/h6,10-11,15H,1,7-9,12H2,2-5H3;2-3,12-13H,4-5H2,1H3;3,10-11H,1,4-7H2,2H3/t15-;;10-/m1.1/s1. The summed E-state index contributed by atoms with van der Waals surface area (Å²) in [5.41, 5.74) is 6.33. The predicted octanol–water partition coefficient (Wildman–Crippen LogP) is 7.51. The van der Waals surface area contributed by atoms with Gasteiger partial charge in [0.2, 0.25) is 5.75 Å². The molecule has 0 unspecified atom stereocenters. The molecule has 0 fully saturated rings. The van der Waals surface area contributed by atoms with E-state index >= 15 is 0 Å². The molecule has 0 aromatic heterocycles. The molecule has 0 heterocycles. The van der Waals surface area contributed by atoms with Crippen molar-refractivity contribution in [3.05, 3.63) is 94.1 Å². The molecule has 2 aliphatic rings. The van der Waals surface area contributed by atoms with Crippen molar-refractivity contribution in [3.8, 4) is 23.0 Å². The van der Waals surface area contributed by atoms with Crippen molar-refractivity contribution in [3.63, 3.8) is 0 Å². The monoisotopic (exact) mass is 728 g/mol. The maximum Gasteiger partial charge on any atom is 0.338 e. The van der Waals surface area contributed by atoms with Crippen molar-refractivity contribution in [2.24, 2.45) is 11.8 Å². The van der Waals surface area contributed by atoms with Crippen LogP contribution in [0.2, 0.25) is 0 Å². The highest BCUT2D eigenvalue weighted by atomic mass is 35.5. The minimum absolute atomic E-state index is 0.231. The van der Waals surface area contributed by atoms with E-state index in [0.29, 0.717) is 58.1 Å². The summed E-state index contributed by atoms with van der Waals surface area (Å²) in [6.07, 6.45) is 10.6. The average Bonchev–Trinajstić information content (AvgIpc) is 3.16. The van der Waals surface area contributed by atoms with Crippen molar-refractivity contribution in [1.29, 1.82) is 0 Å². The van der Waals surface area contributed by atoms with Gasteiger partial charge in [-0.3, -0.25) is 4.79 Å². The van der Waals surface area contributed by atoms with Gasteiger partial charge in [-0.2, -0.15) is 0 Å². The zero-order chi connectivity index (χ0) is 38.1. The van der Waals surface area contributed by atoms with Gasteiger partial charge in [0.1, 0.15) is 12.4 Å². The van der Waals surface area contributed by atoms with Crippen LogP contribution in [0, 0.1) is 11.8 Å². The number of hydrogen-bond donors (Lipinski definition) is 3. The lowest BCUT2D eigenvalue weighted by molar-refractivity contribution is 0.0534. The highest BCUT2D eigenvalue weighted by Crippen LogP contribution is 2.38. The molecular weight excluding hydrogens is 676 g/mol. The number of benzene rings is 2. The van der Waals surface area contributed by atoms with Gasteiger partial charge in [-0.15, -0.1) is 0 Å². The van der Waals surface area contributed by atoms with Gasteiger partial charge in [0, 0.05) is 11.1 Å². The minimum Gasteiger partial charge on any atom is -0.496 e. The molecule has 0 aliphatic heterocycles. The molecule has 51 heavy (non-hydrogen) atoms. The van der Waals surface area contributed by atoms with Gasteiger partial charge >= 0.3 is 5.97 Å². The molecule has 0 spiro atoms. The largest absolute Gasteiger partial charge is 0.496 e. The van der Waals surface area contributed by atoms with Gasteiger partial charge in [-0.25, -0.2) is 4.79 Å². The fraction of sp³-hybridized carbons (Fsp3) is 0.450. The van der Waals surface area contributed by atoms with E-state index in [1.54, 1.807) is 12.1 Å². The lowest BCUT2D eigenvalue weighted by Gasteiger charge is -2.22. The Bertz CT molecular complexity index is 1520. The van der Waals surface area contributed by atoms with Crippen molar-refractivity contribution < 1.29 is 48.6 Å². The van der Waals surface area contributed by atoms with Crippen LogP contribution in [0.4, 0.5) is 0 Å². The van der Waals surface area contributed by atoms with E-state index < -0.39 is 11.2 Å². The summed E-state index contributed by atoms with van der Waals surface area (Å²) >= 11 is 5.32. The zero-order valence-corrected chi connectivity index (χ0v) is 31.4. The third-order valence-corrected chi connectivity index (χ3v) is 9.19. The number of carbonyl (C=O) groups is 2. The molecule has 0 saturated heterocycles. The van der Waals surface area contributed by atoms with E-state index in [-0.39, 0.29) is 25.4 Å². The second kappa shape index (κ2) is 22.0. The van der Waals surface area contributed by atoms with Crippen LogP contribution >= 0.6 is 11.6 Å². The van der Waals surface area contributed by atoms with E-state index in [9.17, 15) is 9.59 Å². The Labute approximate surface area is 307 Å². The number of aliphatic hydroxyl groups excluding tert-OH is 3. The molecular formula is C40H53ClO10. The molecule has 0 bridgehead atoms. The summed E-state index contributed by atoms with van der Waals surface area (Å²) in [5.74, 6) is 2.42. The summed E-state index contributed by atoms with van der Waals surface area (Å²) in [5, 5.41) is 26.3. The topological polar surface area (TPSA) is 141 Å². The summed E-state index contributed by atoms with van der Waals surface area (Å²) in [6.45, 7) is 12.1. The Kier molecular flexibility index (Phi) is 18.6. The van der Waals surface area contributed by atoms with E-state index in [1.807, 2.05) is 0 Å². The molecule has 0 saturated carbocycles. The summed E-state index contributed by atoms with van der Waals surface area (Å²) < 4.78 is 26.2. The highest BCUT2D eigenvalue weighted by Gasteiger charge is 2.20. The van der Waals surface area contributed by atoms with E-state index in [2.05, 4.69) is 39.2 Å². The van der Waals surface area contributed by atoms with Gasteiger partial charge in [0.15, 0.2) is 11.5 Å². The van der Waals surface area contributed by atoms with Crippen LogP contribution < -0.4 is 18.9 Å². The number of rotatable bonds is 13. The number of carbonyl (C=O) groups excluding carboxylic acids is 2. The third kappa shape index (κ3) is 12.9. The Morgan fingerprint density at radius 1 is 0.725 bits per heavy atom. The van der Waals surface area contributed by atoms with Gasteiger partial charge < -0.3 is 39.0 Å². The molecule has 3 N–H and O–H groups in total. The number of ether oxygens (including phenoxy) is 5. The van der Waals surface area contributed by atoms with Crippen LogP contribution in [0.1, 0.15) is 84.2 Å². The lowest BCUT2D eigenvalue weighted by Crippen LogP contribution is -2.13. The third-order valence-electron chi connectivity index (χ3n) is 8.97. The van der Waals surface area contributed by atoms with Gasteiger partial charge in [0.05, 0.1) is 53.8 Å². The van der Waals surface area contributed by atoms with Crippen LogP contribution in [0.3, 0.4) is 0 Å². The second-order valence-corrected chi connectivity index (χ2v) is 12.8. The normalized spacial score (nSPS) is 16.4. The molecule has 2 aromatic carbocycles. The summed E-state index contributed by atoms with van der Waals surface area (Å²) in [7, 11) is 5.96. The molecule has 2 atom stereocenters. The van der Waals surface area contributed by atoms with Crippen LogP contribution in [-0.2, 0) is 18.0 Å². The molecule has 2 aromatic rings. The number of hydrogen-bond acceptors (Lipinski definition) is 10. The van der Waals surface area contributed by atoms with Crippen LogP contribution in [0.5, 0.6) is 23.0 Å². The fourth-order valence-electron chi connectivity index (χ4n) is 5.71. The maximum absolute atomic E-state index is 12.4. The first-order chi connectivity index (χ1) is 24.4. The van der Waals surface area contributed by atoms with E-state index in [0.717, 1.165) is 37.7 Å². The lowest BCUT2D eigenvalue weighted by atomic mass is 9.86. The maximum atomic E-state index is 12.4. The van der Waals surface area contributed by atoms with Gasteiger partial charge in [-0.05, 0) is 117 Å². The minimum atomic E-state index is -0.632. The van der Waals surface area contributed by atoms with Crippen LogP contribution in [0.15, 0.2) is 71.9 Å². The van der Waals surface area contributed by atoms with Crippen LogP contribution in [-0.4, -0.2) is 68.2 Å². The van der Waals surface area contributed by atoms with Crippen molar-refractivity contribution in [2.75, 3.05) is 41.7 Å². The molecule has 4 rings (SSSR count). The number of aliphatic hydroxyl groups is 3. The first-order valence-corrected chi connectivity index (χ1v) is 17.1. The predicted molar refractivity (Wildman–Crippen MR) is 199 cm³/mol. The Morgan fingerprint density at radius 3 is 1.61 bits per heavy atom. The number of methoxy groups -OCH3 is 4. The first kappa shape index (κ1) is 43.1. The van der Waals surface area contributed by atoms with Crippen molar-refractivity contribution in [1.82, 2.24) is 0 Å². The van der Waals surface area contributed by atoms with E-state index in [4.69, 9.17) is 50.6 Å².